The molecule has 0 radical (unpaired) electrons. The van der Waals surface area contributed by atoms with Gasteiger partial charge < -0.3 is 24.4 Å². The molecule has 1 spiro atoms. The van der Waals surface area contributed by atoms with Gasteiger partial charge in [-0.25, -0.2) is 9.59 Å². The van der Waals surface area contributed by atoms with E-state index < -0.39 is 34.3 Å². The van der Waals surface area contributed by atoms with E-state index in [1.54, 1.807) is 16.9 Å². The van der Waals surface area contributed by atoms with Gasteiger partial charge in [0.05, 0.1) is 18.8 Å². The molecule has 3 saturated carbocycles. The zero-order chi connectivity index (χ0) is 28.9. The van der Waals surface area contributed by atoms with Gasteiger partial charge in [0.2, 0.25) is 0 Å². The van der Waals surface area contributed by atoms with Gasteiger partial charge in [0.25, 0.3) is 5.91 Å². The van der Waals surface area contributed by atoms with Gasteiger partial charge in [-0.15, -0.1) is 0 Å². The highest BCUT2D eigenvalue weighted by Gasteiger charge is 2.73. The summed E-state index contributed by atoms with van der Waals surface area (Å²) in [7, 11) is 1.64. The maximum atomic E-state index is 14.5. The summed E-state index contributed by atoms with van der Waals surface area (Å²) >= 11 is 0. The summed E-state index contributed by atoms with van der Waals surface area (Å²) in [6.07, 6.45) is 6.57. The summed E-state index contributed by atoms with van der Waals surface area (Å²) < 4.78 is 11.5. The van der Waals surface area contributed by atoms with Crippen molar-refractivity contribution in [3.8, 4) is 5.75 Å². The third-order valence-corrected chi connectivity index (χ3v) is 11.1. The van der Waals surface area contributed by atoms with Crippen LogP contribution in [0.4, 0.5) is 9.59 Å². The fourth-order valence-corrected chi connectivity index (χ4v) is 8.62. The van der Waals surface area contributed by atoms with Crippen LogP contribution in [0.1, 0.15) is 89.7 Å². The number of fused-ring (bicyclic) bond motifs is 1. The third kappa shape index (κ3) is 3.79. The first-order valence-electron chi connectivity index (χ1n) is 15.5. The van der Waals surface area contributed by atoms with E-state index in [1.807, 2.05) is 43.9 Å². The summed E-state index contributed by atoms with van der Waals surface area (Å²) in [5.74, 6) is 1.06. The van der Waals surface area contributed by atoms with E-state index in [4.69, 9.17) is 9.47 Å². The number of imide groups is 1. The van der Waals surface area contributed by atoms with Gasteiger partial charge in [-0.2, -0.15) is 0 Å². The lowest BCUT2D eigenvalue weighted by atomic mass is 9.46. The highest BCUT2D eigenvalue weighted by Crippen LogP contribution is 2.63. The first-order valence-corrected chi connectivity index (χ1v) is 15.5. The predicted molar refractivity (Wildman–Crippen MR) is 151 cm³/mol. The van der Waals surface area contributed by atoms with Crippen LogP contribution in [0.25, 0.3) is 0 Å². The zero-order valence-corrected chi connectivity index (χ0v) is 24.8. The molecule has 7 rings (SSSR count). The Kier molecular flexibility index (Phi) is 5.84. The number of rotatable bonds is 4. The van der Waals surface area contributed by atoms with Crippen LogP contribution in [-0.4, -0.2) is 86.9 Å². The molecule has 9 heteroatoms. The number of urea groups is 1. The van der Waals surface area contributed by atoms with Gasteiger partial charge in [0, 0.05) is 24.5 Å². The summed E-state index contributed by atoms with van der Waals surface area (Å²) in [6.45, 7) is 6.57. The predicted octanol–water partition coefficient (Wildman–Crippen LogP) is 4.38. The van der Waals surface area contributed by atoms with Crippen LogP contribution in [-0.2, 0) is 21.4 Å². The summed E-state index contributed by atoms with van der Waals surface area (Å²) in [5, 5.41) is 12.9. The fourth-order valence-electron chi connectivity index (χ4n) is 8.62. The Morgan fingerprint density at radius 1 is 1.10 bits per heavy atom. The topological polar surface area (TPSA) is 99.6 Å². The molecule has 4 atom stereocenters. The number of nitrogens with zero attached hydrogens (tertiary/aromatic N) is 3. The Morgan fingerprint density at radius 3 is 2.49 bits per heavy atom. The molecule has 1 N–H and O–H groups in total. The molecule has 2 aliphatic heterocycles. The van der Waals surface area contributed by atoms with Crippen LogP contribution in [0, 0.1) is 5.92 Å². The monoisotopic (exact) mass is 565 g/mol. The minimum absolute atomic E-state index is 0.0186. The number of benzene rings is 1. The average molecular weight is 566 g/mol. The quantitative estimate of drug-likeness (QED) is 0.544. The average Bonchev–Trinajstić information content (AvgIpc) is 3.68. The maximum absolute atomic E-state index is 14.5. The van der Waals surface area contributed by atoms with Gasteiger partial charge in [0.1, 0.15) is 16.9 Å². The molecule has 41 heavy (non-hydrogen) atoms. The molecule has 0 aromatic heterocycles. The molecule has 4 amide bonds. The van der Waals surface area contributed by atoms with E-state index in [2.05, 4.69) is 0 Å². The molecule has 0 unspecified atom stereocenters. The van der Waals surface area contributed by atoms with Gasteiger partial charge >= 0.3 is 12.1 Å². The number of aliphatic hydroxyl groups is 1. The highest BCUT2D eigenvalue weighted by molar-refractivity contribution is 6.07. The molecule has 2 bridgehead atoms. The number of likely N-dealkylation sites (tertiary alicyclic amines) is 1. The van der Waals surface area contributed by atoms with Crippen LogP contribution in [0.5, 0.6) is 5.75 Å². The number of amides is 4. The van der Waals surface area contributed by atoms with E-state index >= 15 is 0 Å². The van der Waals surface area contributed by atoms with Gasteiger partial charge in [-0.05, 0) is 114 Å². The van der Waals surface area contributed by atoms with Crippen molar-refractivity contribution in [2.75, 3.05) is 20.2 Å². The third-order valence-electron chi connectivity index (χ3n) is 11.1. The number of piperidine rings is 1. The SMILES string of the molecule is COc1ccc2c(c1)[C@]13CCN(C(=O)OC(C)(C)C)[C@H](C2)[C@]1(O)CC[C@]1(C3)C(=O)N(C2CCC2)C(=O)N1CC1CC1. The molecule has 2 heterocycles. The van der Waals surface area contributed by atoms with E-state index in [0.717, 1.165) is 43.2 Å². The molecule has 222 valence electrons. The molecule has 1 aromatic rings. The zero-order valence-electron chi connectivity index (χ0n) is 24.8. The van der Waals surface area contributed by atoms with Crippen LogP contribution in [0.15, 0.2) is 18.2 Å². The molecule has 1 aromatic carbocycles. The van der Waals surface area contributed by atoms with E-state index in [0.29, 0.717) is 56.9 Å². The minimum atomic E-state index is -1.27. The Morgan fingerprint density at radius 2 is 1.85 bits per heavy atom. The number of hydrogen-bond donors (Lipinski definition) is 1. The van der Waals surface area contributed by atoms with E-state index in [9.17, 15) is 19.5 Å². The van der Waals surface area contributed by atoms with Crippen LogP contribution >= 0.6 is 0 Å². The lowest BCUT2D eigenvalue weighted by Crippen LogP contribution is -2.77. The number of carbonyl (C=O) groups excluding carboxylic acids is 3. The second kappa shape index (κ2) is 8.85. The number of hydrogen-bond acceptors (Lipinski definition) is 6. The van der Waals surface area contributed by atoms with Gasteiger partial charge in [-0.1, -0.05) is 6.07 Å². The van der Waals surface area contributed by atoms with Gasteiger partial charge in [-0.3, -0.25) is 9.69 Å². The van der Waals surface area contributed by atoms with Crippen molar-refractivity contribution in [1.29, 1.82) is 0 Å². The molecular formula is C32H43N3O6. The molecule has 5 fully saturated rings. The number of methoxy groups -OCH3 is 1. The van der Waals surface area contributed by atoms with Crippen molar-refractivity contribution < 1.29 is 29.0 Å². The second-order valence-electron chi connectivity index (χ2n) is 14.5. The first-order chi connectivity index (χ1) is 19.4. The minimum Gasteiger partial charge on any atom is -0.497 e. The Balaban J connectivity index is 1.35. The smallest absolute Gasteiger partial charge is 0.410 e. The summed E-state index contributed by atoms with van der Waals surface area (Å²) in [4.78, 5) is 47.2. The summed E-state index contributed by atoms with van der Waals surface area (Å²) in [5.41, 5.74) is -1.69. The molecular weight excluding hydrogens is 522 g/mol. The fraction of sp³-hybridized carbons (Fsp3) is 0.719. The maximum Gasteiger partial charge on any atom is 0.410 e. The van der Waals surface area contributed by atoms with Crippen molar-refractivity contribution >= 4 is 18.0 Å². The molecule has 9 nitrogen and oxygen atoms in total. The Bertz CT molecular complexity index is 1300. The van der Waals surface area contributed by atoms with Crippen LogP contribution in [0.2, 0.25) is 0 Å². The van der Waals surface area contributed by atoms with Crippen molar-refractivity contribution in [3.63, 3.8) is 0 Å². The Labute approximate surface area is 242 Å². The molecule has 2 saturated heterocycles. The lowest BCUT2D eigenvalue weighted by molar-refractivity contribution is -0.185. The highest BCUT2D eigenvalue weighted by atomic mass is 16.6. The first kappa shape index (κ1) is 27.0. The number of ether oxygens (including phenoxy) is 2. The van der Waals surface area contributed by atoms with Gasteiger partial charge in [0.15, 0.2) is 0 Å². The normalized spacial score (nSPS) is 34.9. The summed E-state index contributed by atoms with van der Waals surface area (Å²) in [6, 6.07) is 5.33. The van der Waals surface area contributed by atoms with Crippen molar-refractivity contribution in [1.82, 2.24) is 14.7 Å². The van der Waals surface area contributed by atoms with Crippen molar-refractivity contribution in [2.45, 2.75) is 119 Å². The lowest BCUT2D eigenvalue weighted by Gasteiger charge is -2.66. The van der Waals surface area contributed by atoms with Crippen molar-refractivity contribution in [3.05, 3.63) is 29.3 Å². The van der Waals surface area contributed by atoms with Crippen LogP contribution in [0.3, 0.4) is 0 Å². The van der Waals surface area contributed by atoms with Crippen LogP contribution < -0.4 is 4.74 Å². The Hall–Kier alpha value is -2.81. The largest absolute Gasteiger partial charge is 0.497 e. The second-order valence-corrected chi connectivity index (χ2v) is 14.5. The van der Waals surface area contributed by atoms with E-state index in [-0.39, 0.29) is 18.0 Å². The van der Waals surface area contributed by atoms with E-state index in [1.165, 1.54) is 0 Å². The standard InChI is InChI=1S/C32H43N3O6/c1-29(2,3)41-28(38)33-15-14-30-19-31(26(36)35(22-6-5-7-22)27(37)34(31)18-20-8-9-20)12-13-32(30,39)25(33)16-21-10-11-23(40-4)17-24(21)30/h10-11,17,20,22,25,39H,5-9,12-16,18-19H2,1-4H3/t25-,30-,31+,32-/m1/s1. The molecule has 6 aliphatic rings. The number of carbonyl (C=O) groups is 3. The van der Waals surface area contributed by atoms with Crippen molar-refractivity contribution in [2.24, 2.45) is 5.92 Å². The molecule has 4 aliphatic carbocycles.